The second-order valence-electron chi connectivity index (χ2n) is 6.69. The van der Waals surface area contributed by atoms with E-state index in [1.165, 1.54) is 5.56 Å². The van der Waals surface area contributed by atoms with E-state index in [-0.39, 0.29) is 0 Å². The van der Waals surface area contributed by atoms with E-state index in [1.54, 1.807) is 6.33 Å². The Morgan fingerprint density at radius 1 is 1.04 bits per heavy atom. The number of fused-ring (bicyclic) bond motifs is 1. The predicted molar refractivity (Wildman–Crippen MR) is 102 cm³/mol. The maximum atomic E-state index is 4.57. The van der Waals surface area contributed by atoms with Crippen molar-refractivity contribution in [2.75, 3.05) is 14.1 Å². The van der Waals surface area contributed by atoms with E-state index >= 15 is 0 Å². The number of aromatic nitrogens is 5. The minimum absolute atomic E-state index is 0.383. The van der Waals surface area contributed by atoms with E-state index in [2.05, 4.69) is 75.9 Å². The summed E-state index contributed by atoms with van der Waals surface area (Å²) in [5.41, 5.74) is 4.32. The number of rotatable bonds is 5. The number of pyridine rings is 1. The fourth-order valence-corrected chi connectivity index (χ4v) is 3.10. The molecule has 0 spiro atoms. The molecule has 1 aromatic carbocycles. The number of hydrogen-bond acceptors (Lipinski definition) is 4. The SMILES string of the molecule is CC(c1ccc(-c2nccn2Cc2cccc3ncnn23)cc1)N(C)C. The molecule has 0 amide bonds. The van der Waals surface area contributed by atoms with Crippen LogP contribution in [0, 0.1) is 0 Å². The zero-order valence-corrected chi connectivity index (χ0v) is 15.2. The molecule has 0 radical (unpaired) electrons. The van der Waals surface area contributed by atoms with Crippen molar-refractivity contribution < 1.29 is 0 Å². The normalized spacial score (nSPS) is 12.8. The lowest BCUT2D eigenvalue weighted by molar-refractivity contribution is 0.321. The first-order valence-electron chi connectivity index (χ1n) is 8.69. The van der Waals surface area contributed by atoms with Crippen LogP contribution in [0.4, 0.5) is 0 Å². The van der Waals surface area contributed by atoms with Crippen LogP contribution in [0.25, 0.3) is 17.0 Å². The second-order valence-corrected chi connectivity index (χ2v) is 6.69. The quantitative estimate of drug-likeness (QED) is 0.556. The number of nitrogens with zero attached hydrogens (tertiary/aromatic N) is 6. The van der Waals surface area contributed by atoms with Gasteiger partial charge in [-0.1, -0.05) is 30.3 Å². The molecule has 0 aliphatic heterocycles. The number of imidazole rings is 1. The summed E-state index contributed by atoms with van der Waals surface area (Å²) in [5.74, 6) is 0.950. The molecule has 0 bridgehead atoms. The minimum Gasteiger partial charge on any atom is -0.325 e. The zero-order chi connectivity index (χ0) is 18.1. The lowest BCUT2D eigenvalue weighted by atomic mass is 10.1. The van der Waals surface area contributed by atoms with Crippen LogP contribution in [0.5, 0.6) is 0 Å². The van der Waals surface area contributed by atoms with Crippen molar-refractivity contribution in [2.24, 2.45) is 0 Å². The molecule has 0 saturated carbocycles. The van der Waals surface area contributed by atoms with Crippen molar-refractivity contribution >= 4 is 5.65 Å². The molecule has 26 heavy (non-hydrogen) atoms. The fourth-order valence-electron chi connectivity index (χ4n) is 3.10. The van der Waals surface area contributed by atoms with E-state index in [4.69, 9.17) is 0 Å². The Hall–Kier alpha value is -2.99. The van der Waals surface area contributed by atoms with Gasteiger partial charge in [0.1, 0.15) is 12.2 Å². The van der Waals surface area contributed by atoms with Crippen molar-refractivity contribution in [3.8, 4) is 11.4 Å². The lowest BCUT2D eigenvalue weighted by Gasteiger charge is -2.20. The molecule has 4 aromatic rings. The first kappa shape index (κ1) is 16.5. The van der Waals surface area contributed by atoms with E-state index in [0.717, 1.165) is 22.7 Å². The highest BCUT2D eigenvalue weighted by Crippen LogP contribution is 2.23. The van der Waals surface area contributed by atoms with Gasteiger partial charge in [-0.2, -0.15) is 5.10 Å². The average Bonchev–Trinajstić information content (AvgIpc) is 3.31. The van der Waals surface area contributed by atoms with Gasteiger partial charge < -0.3 is 9.47 Å². The highest BCUT2D eigenvalue weighted by molar-refractivity contribution is 5.56. The Morgan fingerprint density at radius 2 is 1.85 bits per heavy atom. The standard InChI is InChI=1S/C20H22N6/c1-15(24(2)3)16-7-9-17(10-8-16)20-21-11-12-25(20)13-18-5-4-6-19-22-14-23-26(18)19/h4-12,14-15H,13H2,1-3H3. The van der Waals surface area contributed by atoms with E-state index in [9.17, 15) is 0 Å². The van der Waals surface area contributed by atoms with Gasteiger partial charge in [-0.3, -0.25) is 0 Å². The van der Waals surface area contributed by atoms with Gasteiger partial charge in [0, 0.05) is 24.0 Å². The van der Waals surface area contributed by atoms with Crippen molar-refractivity contribution in [1.29, 1.82) is 0 Å². The summed E-state index contributed by atoms with van der Waals surface area (Å²) in [6.07, 6.45) is 5.42. The van der Waals surface area contributed by atoms with Gasteiger partial charge in [0.15, 0.2) is 5.65 Å². The highest BCUT2D eigenvalue weighted by Gasteiger charge is 2.11. The van der Waals surface area contributed by atoms with Crippen LogP contribution < -0.4 is 0 Å². The molecule has 0 saturated heterocycles. The smallest absolute Gasteiger partial charge is 0.155 e. The molecule has 6 nitrogen and oxygen atoms in total. The maximum absolute atomic E-state index is 4.57. The largest absolute Gasteiger partial charge is 0.325 e. The van der Waals surface area contributed by atoms with Crippen LogP contribution in [0.15, 0.2) is 61.2 Å². The minimum atomic E-state index is 0.383. The topological polar surface area (TPSA) is 51.3 Å². The fraction of sp³-hybridized carbons (Fsp3) is 0.250. The summed E-state index contributed by atoms with van der Waals surface area (Å²) in [5, 5.41) is 4.32. The van der Waals surface area contributed by atoms with Gasteiger partial charge in [0.25, 0.3) is 0 Å². The third-order valence-electron chi connectivity index (χ3n) is 4.85. The van der Waals surface area contributed by atoms with Gasteiger partial charge in [-0.25, -0.2) is 14.5 Å². The monoisotopic (exact) mass is 346 g/mol. The molecule has 132 valence electrons. The summed E-state index contributed by atoms with van der Waals surface area (Å²) < 4.78 is 4.01. The molecular weight excluding hydrogens is 324 g/mol. The van der Waals surface area contributed by atoms with Crippen molar-refractivity contribution in [2.45, 2.75) is 19.5 Å². The van der Waals surface area contributed by atoms with Crippen LogP contribution in [-0.2, 0) is 6.54 Å². The first-order valence-corrected chi connectivity index (χ1v) is 8.69. The zero-order valence-electron chi connectivity index (χ0n) is 15.2. The summed E-state index contributed by atoms with van der Waals surface area (Å²) in [4.78, 5) is 11.0. The Morgan fingerprint density at radius 3 is 2.62 bits per heavy atom. The molecule has 4 rings (SSSR count). The van der Waals surface area contributed by atoms with Crippen LogP contribution in [0.2, 0.25) is 0 Å². The predicted octanol–water partition coefficient (Wildman–Crippen LogP) is 3.26. The summed E-state index contributed by atoms with van der Waals surface area (Å²) in [6.45, 7) is 2.89. The first-order chi connectivity index (χ1) is 12.6. The molecule has 3 aromatic heterocycles. The Kier molecular flexibility index (Phi) is 4.26. The Labute approximate surface area is 152 Å². The van der Waals surface area contributed by atoms with E-state index < -0.39 is 0 Å². The lowest BCUT2D eigenvalue weighted by Crippen LogP contribution is -2.16. The van der Waals surface area contributed by atoms with Crippen LogP contribution >= 0.6 is 0 Å². The Bertz CT molecular complexity index is 1010. The number of benzene rings is 1. The van der Waals surface area contributed by atoms with E-state index in [1.807, 2.05) is 29.0 Å². The van der Waals surface area contributed by atoms with Crippen molar-refractivity contribution in [1.82, 2.24) is 29.0 Å². The molecule has 3 heterocycles. The summed E-state index contributed by atoms with van der Waals surface area (Å²) in [6, 6.07) is 15.0. The maximum Gasteiger partial charge on any atom is 0.155 e. The molecule has 1 atom stereocenters. The van der Waals surface area contributed by atoms with Crippen molar-refractivity contribution in [3.63, 3.8) is 0 Å². The molecule has 0 N–H and O–H groups in total. The highest BCUT2D eigenvalue weighted by atomic mass is 15.3. The van der Waals surface area contributed by atoms with Gasteiger partial charge in [-0.05, 0) is 38.7 Å². The Balaban J connectivity index is 1.64. The van der Waals surface area contributed by atoms with Crippen LogP contribution in [0.1, 0.15) is 24.2 Å². The van der Waals surface area contributed by atoms with E-state index in [0.29, 0.717) is 12.6 Å². The third kappa shape index (κ3) is 2.99. The summed E-state index contributed by atoms with van der Waals surface area (Å²) >= 11 is 0. The van der Waals surface area contributed by atoms with Crippen LogP contribution in [-0.4, -0.2) is 43.1 Å². The van der Waals surface area contributed by atoms with Gasteiger partial charge in [0.2, 0.25) is 0 Å². The van der Waals surface area contributed by atoms with Crippen LogP contribution in [0.3, 0.4) is 0 Å². The molecule has 6 heteroatoms. The number of hydrogen-bond donors (Lipinski definition) is 0. The van der Waals surface area contributed by atoms with Crippen molar-refractivity contribution in [3.05, 3.63) is 72.4 Å². The molecule has 0 aliphatic carbocycles. The third-order valence-corrected chi connectivity index (χ3v) is 4.85. The second kappa shape index (κ2) is 6.72. The van der Waals surface area contributed by atoms with Gasteiger partial charge in [0.05, 0.1) is 12.2 Å². The molecule has 0 aliphatic rings. The summed E-state index contributed by atoms with van der Waals surface area (Å²) in [7, 11) is 4.19. The van der Waals surface area contributed by atoms with Gasteiger partial charge in [-0.15, -0.1) is 0 Å². The molecule has 0 fully saturated rings. The molecular formula is C20H22N6. The molecule has 1 unspecified atom stereocenters. The van der Waals surface area contributed by atoms with Gasteiger partial charge >= 0.3 is 0 Å². The average molecular weight is 346 g/mol.